The number of anilines is 1. The maximum Gasteiger partial charge on any atom is 0.265 e. The molecule has 3 aromatic carbocycles. The summed E-state index contributed by atoms with van der Waals surface area (Å²) in [5.74, 6) is -0.430. The van der Waals surface area contributed by atoms with Gasteiger partial charge in [0.15, 0.2) is 0 Å². The number of imide groups is 1. The number of benzene rings is 3. The highest BCUT2D eigenvalue weighted by Gasteiger charge is 2.36. The van der Waals surface area contributed by atoms with Crippen LogP contribution in [0.5, 0.6) is 5.75 Å². The number of carbonyl (C=O) groups is 2. The number of hydrogen-bond acceptors (Lipinski definition) is 3. The van der Waals surface area contributed by atoms with E-state index in [2.05, 4.69) is 0 Å². The second-order valence-electron chi connectivity index (χ2n) is 7.34. The number of amides is 2. The van der Waals surface area contributed by atoms with Gasteiger partial charge in [0.2, 0.25) is 0 Å². The van der Waals surface area contributed by atoms with Crippen LogP contribution in [0.1, 0.15) is 38.2 Å². The summed E-state index contributed by atoms with van der Waals surface area (Å²) in [5, 5.41) is 10.1. The number of para-hydroxylation sites is 1. The maximum absolute atomic E-state index is 13.5. The number of aryl methyl sites for hydroxylation is 3. The van der Waals surface area contributed by atoms with Crippen LogP contribution < -0.4 is 4.90 Å². The molecule has 0 radical (unpaired) electrons. The number of aromatic hydroxyl groups is 1. The van der Waals surface area contributed by atoms with Gasteiger partial charge in [-0.25, -0.2) is 4.90 Å². The van der Waals surface area contributed by atoms with E-state index < -0.39 is 0 Å². The van der Waals surface area contributed by atoms with Crippen molar-refractivity contribution in [1.29, 1.82) is 0 Å². The van der Waals surface area contributed by atoms with Gasteiger partial charge >= 0.3 is 0 Å². The van der Waals surface area contributed by atoms with Crippen molar-refractivity contribution >= 4 is 29.2 Å². The second-order valence-corrected chi connectivity index (χ2v) is 7.34. The van der Waals surface area contributed by atoms with E-state index in [1.807, 2.05) is 57.2 Å². The first-order valence-electron chi connectivity index (χ1n) is 9.44. The molecule has 1 heterocycles. The fraction of sp³-hybridized carbons (Fsp3) is 0.120. The Kier molecular flexibility index (Phi) is 4.55. The standard InChI is InChI=1S/C25H21NO3/c1-15-8-4-7-11-22(15)26-24(28)20-10-6-5-9-19(20)21(25(26)29)14-18-12-16(2)23(27)17(3)13-18/h4-14,27H,1-3H3/b21-14+. The molecule has 1 aliphatic rings. The molecule has 0 atom stereocenters. The molecule has 29 heavy (non-hydrogen) atoms. The van der Waals surface area contributed by atoms with Crippen LogP contribution in [-0.4, -0.2) is 16.9 Å². The van der Waals surface area contributed by atoms with Gasteiger partial charge in [-0.3, -0.25) is 9.59 Å². The maximum atomic E-state index is 13.5. The Bertz CT molecular complexity index is 1170. The van der Waals surface area contributed by atoms with Crippen molar-refractivity contribution in [1.82, 2.24) is 0 Å². The van der Waals surface area contributed by atoms with E-state index in [1.54, 1.807) is 30.3 Å². The molecule has 0 fully saturated rings. The molecule has 0 saturated heterocycles. The lowest BCUT2D eigenvalue weighted by atomic mass is 9.91. The number of fused-ring (bicyclic) bond motifs is 1. The van der Waals surface area contributed by atoms with Gasteiger partial charge in [-0.1, -0.05) is 36.4 Å². The smallest absolute Gasteiger partial charge is 0.265 e. The third-order valence-corrected chi connectivity index (χ3v) is 5.26. The fourth-order valence-electron chi connectivity index (χ4n) is 3.76. The molecule has 0 spiro atoms. The summed E-state index contributed by atoms with van der Waals surface area (Å²) >= 11 is 0. The predicted octanol–water partition coefficient (Wildman–Crippen LogP) is 5.05. The molecular weight excluding hydrogens is 362 g/mol. The lowest BCUT2D eigenvalue weighted by molar-refractivity contribution is -0.112. The van der Waals surface area contributed by atoms with E-state index >= 15 is 0 Å². The third kappa shape index (κ3) is 3.13. The number of phenols is 1. The fourth-order valence-corrected chi connectivity index (χ4v) is 3.76. The van der Waals surface area contributed by atoms with Crippen LogP contribution in [0.15, 0.2) is 60.7 Å². The van der Waals surface area contributed by atoms with Crippen molar-refractivity contribution in [3.63, 3.8) is 0 Å². The first kappa shape index (κ1) is 18.7. The Morgan fingerprint density at radius 1 is 0.759 bits per heavy atom. The Balaban J connectivity index is 1.94. The van der Waals surface area contributed by atoms with E-state index in [0.29, 0.717) is 22.4 Å². The van der Waals surface area contributed by atoms with Gasteiger partial charge < -0.3 is 5.11 Å². The zero-order chi connectivity index (χ0) is 20.7. The molecule has 0 unspecified atom stereocenters. The van der Waals surface area contributed by atoms with E-state index in [-0.39, 0.29) is 17.6 Å². The van der Waals surface area contributed by atoms with Crippen LogP contribution in [0, 0.1) is 20.8 Å². The van der Waals surface area contributed by atoms with Crippen molar-refractivity contribution in [2.75, 3.05) is 4.90 Å². The summed E-state index contributed by atoms with van der Waals surface area (Å²) in [5.41, 5.74) is 5.28. The first-order chi connectivity index (χ1) is 13.9. The summed E-state index contributed by atoms with van der Waals surface area (Å²) < 4.78 is 0. The Morgan fingerprint density at radius 2 is 1.34 bits per heavy atom. The highest BCUT2D eigenvalue weighted by molar-refractivity contribution is 6.43. The minimum absolute atomic E-state index is 0.249. The molecule has 1 aliphatic heterocycles. The van der Waals surface area contributed by atoms with E-state index in [9.17, 15) is 14.7 Å². The molecule has 4 heteroatoms. The molecule has 0 bridgehead atoms. The predicted molar refractivity (Wildman–Crippen MR) is 115 cm³/mol. The molecule has 3 aromatic rings. The zero-order valence-corrected chi connectivity index (χ0v) is 16.6. The van der Waals surface area contributed by atoms with Crippen LogP contribution in [-0.2, 0) is 4.79 Å². The van der Waals surface area contributed by atoms with E-state index in [4.69, 9.17) is 0 Å². The van der Waals surface area contributed by atoms with Crippen molar-refractivity contribution < 1.29 is 14.7 Å². The molecule has 1 N–H and O–H groups in total. The van der Waals surface area contributed by atoms with Gasteiger partial charge in [0.1, 0.15) is 5.75 Å². The monoisotopic (exact) mass is 383 g/mol. The number of rotatable bonds is 2. The van der Waals surface area contributed by atoms with Crippen LogP contribution in [0.25, 0.3) is 11.6 Å². The van der Waals surface area contributed by atoms with Gasteiger partial charge in [-0.2, -0.15) is 0 Å². The second kappa shape index (κ2) is 7.06. The Hall–Kier alpha value is -3.66. The minimum atomic E-state index is -0.355. The number of carbonyl (C=O) groups excluding carboxylic acids is 2. The van der Waals surface area contributed by atoms with Crippen molar-refractivity contribution in [3.8, 4) is 5.75 Å². The summed E-state index contributed by atoms with van der Waals surface area (Å²) in [4.78, 5) is 27.9. The minimum Gasteiger partial charge on any atom is -0.507 e. The summed E-state index contributed by atoms with van der Waals surface area (Å²) in [7, 11) is 0. The molecule has 0 aromatic heterocycles. The average Bonchev–Trinajstić information content (AvgIpc) is 2.70. The van der Waals surface area contributed by atoms with Crippen LogP contribution in [0.4, 0.5) is 5.69 Å². The van der Waals surface area contributed by atoms with Crippen molar-refractivity contribution in [2.45, 2.75) is 20.8 Å². The van der Waals surface area contributed by atoms with Gasteiger partial charge in [0.25, 0.3) is 11.8 Å². The molecular formula is C25H21NO3. The first-order valence-corrected chi connectivity index (χ1v) is 9.44. The van der Waals surface area contributed by atoms with Gasteiger partial charge in [0.05, 0.1) is 5.69 Å². The summed E-state index contributed by atoms with van der Waals surface area (Å²) in [6, 6.07) is 18.2. The molecule has 2 amide bonds. The van der Waals surface area contributed by atoms with Crippen LogP contribution in [0.3, 0.4) is 0 Å². The normalized spacial score (nSPS) is 15.0. The Labute approximate surface area is 169 Å². The SMILES string of the molecule is Cc1ccccc1N1C(=O)/C(=C/c2cc(C)c(O)c(C)c2)c2ccccc2C1=O. The van der Waals surface area contributed by atoms with Gasteiger partial charge in [-0.05, 0) is 78.9 Å². The molecule has 0 aliphatic carbocycles. The van der Waals surface area contributed by atoms with Crippen molar-refractivity contribution in [2.24, 2.45) is 0 Å². The molecule has 0 saturated carbocycles. The summed E-state index contributed by atoms with van der Waals surface area (Å²) in [6.45, 7) is 5.53. The van der Waals surface area contributed by atoms with Crippen molar-refractivity contribution in [3.05, 3.63) is 94.0 Å². The highest BCUT2D eigenvalue weighted by atomic mass is 16.3. The lowest BCUT2D eigenvalue weighted by Crippen LogP contribution is -2.42. The number of nitrogens with zero attached hydrogens (tertiary/aromatic N) is 1. The Morgan fingerprint density at radius 3 is 2.00 bits per heavy atom. The number of phenolic OH excluding ortho intramolecular Hbond substituents is 1. The molecule has 4 nitrogen and oxygen atoms in total. The average molecular weight is 383 g/mol. The lowest BCUT2D eigenvalue weighted by Gasteiger charge is -2.29. The third-order valence-electron chi connectivity index (χ3n) is 5.26. The molecule has 144 valence electrons. The largest absolute Gasteiger partial charge is 0.507 e. The van der Waals surface area contributed by atoms with Crippen LogP contribution in [0.2, 0.25) is 0 Å². The van der Waals surface area contributed by atoms with Gasteiger partial charge in [-0.15, -0.1) is 0 Å². The van der Waals surface area contributed by atoms with E-state index in [1.165, 1.54) is 4.90 Å². The highest BCUT2D eigenvalue weighted by Crippen LogP contribution is 2.35. The zero-order valence-electron chi connectivity index (χ0n) is 16.6. The number of hydrogen-bond donors (Lipinski definition) is 1. The quantitative estimate of drug-likeness (QED) is 0.498. The topological polar surface area (TPSA) is 57.6 Å². The summed E-state index contributed by atoms with van der Waals surface area (Å²) in [6.07, 6.45) is 1.79. The molecule has 4 rings (SSSR count). The van der Waals surface area contributed by atoms with E-state index in [0.717, 1.165) is 22.3 Å². The van der Waals surface area contributed by atoms with Gasteiger partial charge in [0, 0.05) is 11.1 Å². The van der Waals surface area contributed by atoms with Crippen LogP contribution >= 0.6 is 0 Å².